The molecule has 0 N–H and O–H groups in total. The molecule has 0 atom stereocenters. The Labute approximate surface area is 198 Å². The van der Waals surface area contributed by atoms with Gasteiger partial charge in [0.1, 0.15) is 12.2 Å². The number of anilines is 1. The largest absolute Gasteiger partial charge is 0.454 e. The molecular weight excluding hydrogens is 456 g/mol. The molecule has 0 aliphatic carbocycles. The van der Waals surface area contributed by atoms with E-state index in [0.29, 0.717) is 59.3 Å². The molecule has 0 radical (unpaired) electrons. The van der Waals surface area contributed by atoms with Crippen LogP contribution in [0.25, 0.3) is 21.5 Å². The number of thiazole rings is 1. The van der Waals surface area contributed by atoms with E-state index in [4.69, 9.17) is 14.2 Å². The van der Waals surface area contributed by atoms with E-state index in [1.54, 1.807) is 18.2 Å². The number of ketones is 1. The summed E-state index contributed by atoms with van der Waals surface area (Å²) in [4.78, 5) is 33.2. The van der Waals surface area contributed by atoms with Crippen molar-refractivity contribution in [2.75, 3.05) is 38.0 Å². The average Bonchev–Trinajstić information content (AvgIpc) is 3.54. The van der Waals surface area contributed by atoms with Crippen molar-refractivity contribution >= 4 is 32.5 Å². The van der Waals surface area contributed by atoms with Gasteiger partial charge in [-0.2, -0.15) is 5.10 Å². The second-order valence-electron chi connectivity index (χ2n) is 7.94. The summed E-state index contributed by atoms with van der Waals surface area (Å²) in [7, 11) is 0. The summed E-state index contributed by atoms with van der Waals surface area (Å²) in [6.07, 6.45) is 0. The molecule has 4 aromatic rings. The van der Waals surface area contributed by atoms with Gasteiger partial charge in [0.25, 0.3) is 5.56 Å². The Morgan fingerprint density at radius 1 is 1.03 bits per heavy atom. The van der Waals surface area contributed by atoms with Gasteiger partial charge < -0.3 is 19.1 Å². The molecule has 1 saturated heterocycles. The highest BCUT2D eigenvalue weighted by molar-refractivity contribution is 7.22. The van der Waals surface area contributed by atoms with Gasteiger partial charge in [0.2, 0.25) is 6.79 Å². The maximum absolute atomic E-state index is 13.4. The van der Waals surface area contributed by atoms with E-state index < -0.39 is 0 Å². The van der Waals surface area contributed by atoms with Crippen LogP contribution < -0.4 is 19.9 Å². The van der Waals surface area contributed by atoms with Crippen molar-refractivity contribution in [2.45, 2.75) is 6.54 Å². The van der Waals surface area contributed by atoms with Crippen molar-refractivity contribution in [1.29, 1.82) is 0 Å². The summed E-state index contributed by atoms with van der Waals surface area (Å²) in [5.74, 6) is 0.855. The molecule has 2 aromatic heterocycles. The van der Waals surface area contributed by atoms with E-state index in [0.717, 1.165) is 10.7 Å². The van der Waals surface area contributed by atoms with Crippen molar-refractivity contribution in [3.8, 4) is 22.8 Å². The van der Waals surface area contributed by atoms with E-state index in [2.05, 4.69) is 15.0 Å². The normalized spacial score (nSPS) is 15.1. The zero-order valence-electron chi connectivity index (χ0n) is 18.1. The number of hydrogen-bond acceptors (Lipinski definition) is 9. The van der Waals surface area contributed by atoms with Crippen LogP contribution in [0.4, 0.5) is 5.13 Å². The van der Waals surface area contributed by atoms with Crippen LogP contribution in [0, 0.1) is 0 Å². The van der Waals surface area contributed by atoms with Gasteiger partial charge in [-0.05, 0) is 18.2 Å². The van der Waals surface area contributed by atoms with Gasteiger partial charge in [0.15, 0.2) is 27.9 Å². The van der Waals surface area contributed by atoms with Crippen LogP contribution in [-0.2, 0) is 11.3 Å². The first kappa shape index (κ1) is 20.8. The standard InChI is InChI=1S/C24H20N4O5S/c29-17(16-6-7-18-19(12-16)33-14-32-18)13-28-23(30)21-22(20(26-28)15-4-2-1-3-5-15)34-24(25-21)27-8-10-31-11-9-27/h1-7,12H,8-11,13-14H2. The number of carbonyl (C=O) groups is 1. The summed E-state index contributed by atoms with van der Waals surface area (Å²) in [6.45, 7) is 2.58. The van der Waals surface area contributed by atoms with Crippen molar-refractivity contribution in [3.05, 3.63) is 64.4 Å². The first-order valence-corrected chi connectivity index (χ1v) is 11.7. The predicted molar refractivity (Wildman–Crippen MR) is 127 cm³/mol. The molecule has 0 bridgehead atoms. The highest BCUT2D eigenvalue weighted by atomic mass is 32.1. The minimum absolute atomic E-state index is 0.125. The maximum Gasteiger partial charge on any atom is 0.294 e. The van der Waals surface area contributed by atoms with Gasteiger partial charge in [-0.25, -0.2) is 9.67 Å². The van der Waals surface area contributed by atoms with Gasteiger partial charge in [-0.15, -0.1) is 0 Å². The number of morpholine rings is 1. The number of Topliss-reactive ketones (excluding diaryl/α,β-unsaturated/α-hetero) is 1. The van der Waals surface area contributed by atoms with Crippen LogP contribution in [-0.4, -0.2) is 53.6 Å². The number of hydrogen-bond donors (Lipinski definition) is 0. The van der Waals surface area contributed by atoms with Gasteiger partial charge in [-0.1, -0.05) is 41.7 Å². The Morgan fingerprint density at radius 2 is 1.82 bits per heavy atom. The Hall–Kier alpha value is -3.76. The number of nitrogens with zero attached hydrogens (tertiary/aromatic N) is 4. The number of benzene rings is 2. The highest BCUT2D eigenvalue weighted by Crippen LogP contribution is 2.35. The summed E-state index contributed by atoms with van der Waals surface area (Å²) < 4.78 is 18.1. The Balaban J connectivity index is 1.43. The monoisotopic (exact) mass is 476 g/mol. The fourth-order valence-electron chi connectivity index (χ4n) is 4.03. The van der Waals surface area contributed by atoms with E-state index >= 15 is 0 Å². The molecule has 4 heterocycles. The molecule has 0 saturated carbocycles. The van der Waals surface area contributed by atoms with Gasteiger partial charge in [0.05, 0.1) is 17.9 Å². The highest BCUT2D eigenvalue weighted by Gasteiger charge is 2.23. The molecule has 1 fully saturated rings. The molecule has 172 valence electrons. The van der Waals surface area contributed by atoms with Gasteiger partial charge in [-0.3, -0.25) is 9.59 Å². The second-order valence-corrected chi connectivity index (χ2v) is 8.92. The third kappa shape index (κ3) is 3.70. The van der Waals surface area contributed by atoms with Crippen LogP contribution in [0.2, 0.25) is 0 Å². The lowest BCUT2D eigenvalue weighted by molar-refractivity contribution is 0.0965. The summed E-state index contributed by atoms with van der Waals surface area (Å²) in [5.41, 5.74) is 1.84. The van der Waals surface area contributed by atoms with Crippen LogP contribution in [0.1, 0.15) is 10.4 Å². The first-order valence-electron chi connectivity index (χ1n) is 10.9. The molecule has 0 amide bonds. The quantitative estimate of drug-likeness (QED) is 0.406. The number of rotatable bonds is 5. The molecule has 9 nitrogen and oxygen atoms in total. The van der Waals surface area contributed by atoms with Crippen LogP contribution in [0.3, 0.4) is 0 Å². The topological polar surface area (TPSA) is 95.8 Å². The minimum Gasteiger partial charge on any atom is -0.454 e. The van der Waals surface area contributed by atoms with Crippen LogP contribution >= 0.6 is 11.3 Å². The first-order chi connectivity index (χ1) is 16.7. The lowest BCUT2D eigenvalue weighted by atomic mass is 10.1. The SMILES string of the molecule is O=C(Cn1nc(-c2ccccc2)c2sc(N3CCOCC3)nc2c1=O)c1ccc2c(c1)OCO2. The molecule has 10 heteroatoms. The fourth-order valence-corrected chi connectivity index (χ4v) is 5.14. The molecule has 2 aromatic carbocycles. The number of carbonyl (C=O) groups excluding carboxylic acids is 1. The van der Waals surface area contributed by atoms with Crippen molar-refractivity contribution < 1.29 is 19.0 Å². The van der Waals surface area contributed by atoms with Crippen LogP contribution in [0.15, 0.2) is 53.3 Å². The average molecular weight is 477 g/mol. The third-order valence-electron chi connectivity index (χ3n) is 5.81. The molecule has 0 unspecified atom stereocenters. The Bertz CT molecular complexity index is 1440. The number of ether oxygens (including phenoxy) is 3. The molecule has 2 aliphatic heterocycles. The van der Waals surface area contributed by atoms with Crippen molar-refractivity contribution in [3.63, 3.8) is 0 Å². The molecule has 0 spiro atoms. The van der Waals surface area contributed by atoms with Gasteiger partial charge in [0, 0.05) is 24.2 Å². The summed E-state index contributed by atoms with van der Waals surface area (Å²) in [5, 5.41) is 5.38. The summed E-state index contributed by atoms with van der Waals surface area (Å²) in [6, 6.07) is 14.6. The van der Waals surface area contributed by atoms with E-state index in [1.807, 2.05) is 30.3 Å². The lowest BCUT2D eigenvalue weighted by Crippen LogP contribution is -2.36. The molecule has 34 heavy (non-hydrogen) atoms. The minimum atomic E-state index is -0.389. The number of aromatic nitrogens is 3. The zero-order chi connectivity index (χ0) is 23.1. The molecule has 2 aliphatic rings. The Kier molecular flexibility index (Phi) is 5.23. The molecule has 6 rings (SSSR count). The molecular formula is C24H20N4O5S. The third-order valence-corrected chi connectivity index (χ3v) is 6.93. The lowest BCUT2D eigenvalue weighted by Gasteiger charge is -2.25. The maximum atomic E-state index is 13.4. The Morgan fingerprint density at radius 3 is 2.65 bits per heavy atom. The predicted octanol–water partition coefficient (Wildman–Crippen LogP) is 2.97. The second kappa shape index (κ2) is 8.54. The summed E-state index contributed by atoms with van der Waals surface area (Å²) >= 11 is 1.44. The van der Waals surface area contributed by atoms with E-state index in [1.165, 1.54) is 16.0 Å². The van der Waals surface area contributed by atoms with Gasteiger partial charge >= 0.3 is 0 Å². The smallest absolute Gasteiger partial charge is 0.294 e. The van der Waals surface area contributed by atoms with E-state index in [9.17, 15) is 9.59 Å². The van der Waals surface area contributed by atoms with Crippen LogP contribution in [0.5, 0.6) is 11.5 Å². The zero-order valence-corrected chi connectivity index (χ0v) is 18.9. The fraction of sp³-hybridized carbons (Fsp3) is 0.250. The van der Waals surface area contributed by atoms with Crippen molar-refractivity contribution in [2.24, 2.45) is 0 Å². The van der Waals surface area contributed by atoms with Crippen molar-refractivity contribution in [1.82, 2.24) is 14.8 Å². The number of fused-ring (bicyclic) bond motifs is 2. The van der Waals surface area contributed by atoms with E-state index in [-0.39, 0.29) is 24.7 Å².